The normalized spacial score (nSPS) is 17.4. The van der Waals surface area contributed by atoms with Gasteiger partial charge in [0, 0.05) is 5.56 Å². The molecule has 170 valence electrons. The van der Waals surface area contributed by atoms with Gasteiger partial charge in [0.1, 0.15) is 11.5 Å². The second-order valence-corrected chi connectivity index (χ2v) is 7.29. The number of phenols is 1. The van der Waals surface area contributed by atoms with E-state index in [0.29, 0.717) is 11.3 Å². The van der Waals surface area contributed by atoms with Gasteiger partial charge >= 0.3 is 0 Å². The maximum atomic E-state index is 14.3. The van der Waals surface area contributed by atoms with E-state index in [4.69, 9.17) is 13.9 Å². The maximum absolute atomic E-state index is 14.3. The number of halogens is 1. The lowest BCUT2D eigenvalue weighted by Gasteiger charge is -2.25. The summed E-state index contributed by atoms with van der Waals surface area (Å²) < 4.78 is 29.7. The van der Waals surface area contributed by atoms with Gasteiger partial charge in [-0.05, 0) is 48.0 Å². The molecule has 33 heavy (non-hydrogen) atoms. The molecule has 1 aromatic heterocycles. The van der Waals surface area contributed by atoms with Crippen LogP contribution >= 0.6 is 0 Å². The van der Waals surface area contributed by atoms with Crippen LogP contribution in [-0.2, 0) is 16.1 Å². The topological polar surface area (TPSA) is 109 Å². The summed E-state index contributed by atoms with van der Waals surface area (Å²) in [6.07, 6.45) is 1.44. The number of amides is 1. The largest absolute Gasteiger partial charge is 0.507 e. The Morgan fingerprint density at radius 3 is 2.48 bits per heavy atom. The average Bonchev–Trinajstić information content (AvgIpc) is 3.41. The molecule has 8 nitrogen and oxygen atoms in total. The molecule has 1 amide bonds. The van der Waals surface area contributed by atoms with Crippen LogP contribution in [0.2, 0.25) is 0 Å². The Labute approximate surface area is 188 Å². The first-order valence-electron chi connectivity index (χ1n) is 9.87. The summed E-state index contributed by atoms with van der Waals surface area (Å²) >= 11 is 0. The number of hydrogen-bond acceptors (Lipinski definition) is 7. The minimum absolute atomic E-state index is 0.0000388. The van der Waals surface area contributed by atoms with Gasteiger partial charge in [0.25, 0.3) is 11.7 Å². The van der Waals surface area contributed by atoms with Crippen LogP contribution in [0.3, 0.4) is 0 Å². The Kier molecular flexibility index (Phi) is 5.78. The van der Waals surface area contributed by atoms with E-state index in [9.17, 15) is 24.2 Å². The van der Waals surface area contributed by atoms with Gasteiger partial charge in [0.15, 0.2) is 23.1 Å². The van der Waals surface area contributed by atoms with Crippen LogP contribution in [0.4, 0.5) is 4.39 Å². The highest BCUT2D eigenvalue weighted by molar-refractivity contribution is 6.46. The van der Waals surface area contributed by atoms with Crippen molar-refractivity contribution < 1.29 is 38.1 Å². The van der Waals surface area contributed by atoms with Crippen molar-refractivity contribution in [3.63, 3.8) is 0 Å². The molecule has 0 bridgehead atoms. The van der Waals surface area contributed by atoms with E-state index in [-0.39, 0.29) is 34.9 Å². The van der Waals surface area contributed by atoms with E-state index in [1.54, 1.807) is 12.1 Å². The van der Waals surface area contributed by atoms with Crippen LogP contribution < -0.4 is 9.47 Å². The second kappa shape index (κ2) is 8.70. The molecule has 1 saturated heterocycles. The predicted octanol–water partition coefficient (Wildman–Crippen LogP) is 3.76. The highest BCUT2D eigenvalue weighted by Crippen LogP contribution is 2.42. The first-order chi connectivity index (χ1) is 15.8. The third kappa shape index (κ3) is 3.89. The molecule has 0 aliphatic carbocycles. The van der Waals surface area contributed by atoms with Crippen LogP contribution in [0, 0.1) is 5.82 Å². The summed E-state index contributed by atoms with van der Waals surface area (Å²) in [5, 5.41) is 21.0. The maximum Gasteiger partial charge on any atom is 0.296 e. The molecule has 9 heteroatoms. The number of Topliss-reactive ketones (excluding diaryl/α,β-unsaturated/α-hetero) is 1. The van der Waals surface area contributed by atoms with Crippen molar-refractivity contribution >= 4 is 17.4 Å². The molecule has 0 spiro atoms. The van der Waals surface area contributed by atoms with Gasteiger partial charge in [-0.2, -0.15) is 0 Å². The zero-order chi connectivity index (χ0) is 23.7. The molecule has 1 atom stereocenters. The first kappa shape index (κ1) is 21.9. The molecule has 4 rings (SSSR count). The molecule has 0 radical (unpaired) electrons. The van der Waals surface area contributed by atoms with Gasteiger partial charge in [-0.3, -0.25) is 9.59 Å². The molecule has 0 saturated carbocycles. The number of benzene rings is 2. The van der Waals surface area contributed by atoms with Gasteiger partial charge < -0.3 is 29.0 Å². The number of rotatable bonds is 6. The SMILES string of the molecule is COc1cc(C2/C(=C(\O)c3ccc(OC)c(F)c3)C(=O)C(=O)N2Cc2ccco2)ccc1O. The molecule has 1 unspecified atom stereocenters. The number of furan rings is 1. The molecular formula is C24H20FNO7. The summed E-state index contributed by atoms with van der Waals surface area (Å²) in [4.78, 5) is 27.2. The third-order valence-corrected chi connectivity index (χ3v) is 5.39. The number of likely N-dealkylation sites (tertiary alicyclic amines) is 1. The Balaban J connectivity index is 1.89. The van der Waals surface area contributed by atoms with E-state index in [2.05, 4.69) is 0 Å². The first-order valence-corrected chi connectivity index (χ1v) is 9.87. The van der Waals surface area contributed by atoms with Crippen molar-refractivity contribution in [2.75, 3.05) is 14.2 Å². The van der Waals surface area contributed by atoms with Crippen molar-refractivity contribution in [3.05, 3.63) is 83.1 Å². The fourth-order valence-electron chi connectivity index (χ4n) is 3.79. The van der Waals surface area contributed by atoms with Crippen LogP contribution in [0.25, 0.3) is 5.76 Å². The fraction of sp³-hybridized carbons (Fsp3) is 0.167. The highest BCUT2D eigenvalue weighted by atomic mass is 19.1. The molecule has 2 heterocycles. The summed E-state index contributed by atoms with van der Waals surface area (Å²) in [6, 6.07) is 10.3. The minimum atomic E-state index is -1.05. The smallest absolute Gasteiger partial charge is 0.296 e. The Hall–Kier alpha value is -4.27. The van der Waals surface area contributed by atoms with Crippen LogP contribution in [0.15, 0.2) is 64.8 Å². The quantitative estimate of drug-likeness (QED) is 0.332. The lowest BCUT2D eigenvalue weighted by atomic mass is 9.95. The summed E-state index contributed by atoms with van der Waals surface area (Å²) in [5.41, 5.74) is 0.162. The lowest BCUT2D eigenvalue weighted by molar-refractivity contribution is -0.140. The monoisotopic (exact) mass is 453 g/mol. The standard InChI is InChI=1S/C24H20FNO7/c1-31-18-8-6-14(10-16(18)25)22(28)20-21(13-5-7-17(27)19(11-13)32-2)26(24(30)23(20)29)12-15-4-3-9-33-15/h3-11,21,27-28H,12H2,1-2H3/b22-20+. The second-order valence-electron chi connectivity index (χ2n) is 7.29. The van der Waals surface area contributed by atoms with Crippen molar-refractivity contribution in [3.8, 4) is 17.2 Å². The lowest BCUT2D eigenvalue weighted by Crippen LogP contribution is -2.29. The Morgan fingerprint density at radius 2 is 1.85 bits per heavy atom. The molecule has 1 aliphatic heterocycles. The van der Waals surface area contributed by atoms with Crippen molar-refractivity contribution in [2.45, 2.75) is 12.6 Å². The van der Waals surface area contributed by atoms with E-state index in [0.717, 1.165) is 6.07 Å². The molecule has 3 aromatic rings. The number of methoxy groups -OCH3 is 2. The van der Waals surface area contributed by atoms with Gasteiger partial charge in [-0.1, -0.05) is 6.07 Å². The number of hydrogen-bond donors (Lipinski definition) is 2. The van der Waals surface area contributed by atoms with Crippen molar-refractivity contribution in [1.29, 1.82) is 0 Å². The average molecular weight is 453 g/mol. The number of phenolic OH excluding ortho intramolecular Hbond substituents is 1. The van der Waals surface area contributed by atoms with Crippen molar-refractivity contribution in [2.24, 2.45) is 0 Å². The third-order valence-electron chi connectivity index (χ3n) is 5.39. The number of ether oxygens (including phenoxy) is 2. The number of nitrogens with zero attached hydrogens (tertiary/aromatic N) is 1. The molecule has 2 N–H and O–H groups in total. The van der Waals surface area contributed by atoms with Gasteiger partial charge in [0.05, 0.1) is 38.6 Å². The molecule has 1 fully saturated rings. The predicted molar refractivity (Wildman–Crippen MR) is 114 cm³/mol. The highest BCUT2D eigenvalue weighted by Gasteiger charge is 2.46. The molecule has 2 aromatic carbocycles. The van der Waals surface area contributed by atoms with E-state index in [1.807, 2.05) is 0 Å². The van der Waals surface area contributed by atoms with Crippen LogP contribution in [0.5, 0.6) is 17.2 Å². The van der Waals surface area contributed by atoms with Gasteiger partial charge in [-0.25, -0.2) is 4.39 Å². The van der Waals surface area contributed by atoms with E-state index < -0.39 is 29.3 Å². The number of aliphatic hydroxyl groups is 1. The van der Waals surface area contributed by atoms with E-state index >= 15 is 0 Å². The van der Waals surface area contributed by atoms with Crippen LogP contribution in [-0.4, -0.2) is 41.0 Å². The van der Waals surface area contributed by atoms with Gasteiger partial charge in [-0.15, -0.1) is 0 Å². The number of carbonyl (C=O) groups is 2. The van der Waals surface area contributed by atoms with E-state index in [1.165, 1.54) is 55.7 Å². The molecule has 1 aliphatic rings. The van der Waals surface area contributed by atoms with Crippen molar-refractivity contribution in [1.82, 2.24) is 4.90 Å². The Morgan fingerprint density at radius 1 is 1.09 bits per heavy atom. The number of aromatic hydroxyl groups is 1. The van der Waals surface area contributed by atoms with Gasteiger partial charge in [0.2, 0.25) is 0 Å². The number of aliphatic hydroxyl groups excluding tert-OH is 1. The summed E-state index contributed by atoms with van der Waals surface area (Å²) in [7, 11) is 2.66. The minimum Gasteiger partial charge on any atom is -0.507 e. The summed E-state index contributed by atoms with van der Waals surface area (Å²) in [6.45, 7) is -0.0564. The number of carbonyl (C=O) groups excluding carboxylic acids is 2. The fourth-order valence-corrected chi connectivity index (χ4v) is 3.79. The number of ketones is 1. The summed E-state index contributed by atoms with van der Waals surface area (Å²) in [5.74, 6) is -2.73. The Bertz CT molecular complexity index is 1250. The molecular weight excluding hydrogens is 433 g/mol. The van der Waals surface area contributed by atoms with Crippen LogP contribution in [0.1, 0.15) is 22.9 Å². The zero-order valence-electron chi connectivity index (χ0n) is 17.7. The zero-order valence-corrected chi connectivity index (χ0v) is 17.7.